The number of amides is 2. The minimum atomic E-state index is -0.568. The lowest BCUT2D eigenvalue weighted by atomic mass is 10.0. The number of rotatable bonds is 5. The van der Waals surface area contributed by atoms with Gasteiger partial charge in [0.15, 0.2) is 17.5 Å². The number of H-pyrrole nitrogens is 1. The van der Waals surface area contributed by atoms with Gasteiger partial charge in [-0.2, -0.15) is 0 Å². The molecule has 0 unspecified atom stereocenters. The van der Waals surface area contributed by atoms with Crippen LogP contribution in [0.1, 0.15) is 19.3 Å². The van der Waals surface area contributed by atoms with Crippen molar-refractivity contribution in [3.8, 4) is 11.4 Å². The Balaban J connectivity index is 1.32. The second-order valence-corrected chi connectivity index (χ2v) is 8.47. The lowest BCUT2D eigenvalue weighted by Crippen LogP contribution is -2.49. The van der Waals surface area contributed by atoms with Crippen molar-refractivity contribution in [1.29, 1.82) is 0 Å². The first-order valence-corrected chi connectivity index (χ1v) is 11.3. The van der Waals surface area contributed by atoms with Crippen LogP contribution in [-0.2, 0) is 0 Å². The summed E-state index contributed by atoms with van der Waals surface area (Å²) in [7, 11) is 0. The summed E-state index contributed by atoms with van der Waals surface area (Å²) in [5.74, 6) is -0.150. The van der Waals surface area contributed by atoms with E-state index in [0.717, 1.165) is 30.8 Å². The SMILES string of the molecule is O=C(Nc1cccnc1)N1CCCC[C@@H]1CNc1nc(-c2c[nH]c3ncc(Cl)cc23)ncc1F. The van der Waals surface area contributed by atoms with Crippen molar-refractivity contribution in [2.75, 3.05) is 23.7 Å². The highest BCUT2D eigenvalue weighted by molar-refractivity contribution is 6.31. The van der Waals surface area contributed by atoms with E-state index < -0.39 is 5.82 Å². The highest BCUT2D eigenvalue weighted by Gasteiger charge is 2.27. The molecule has 11 heteroatoms. The summed E-state index contributed by atoms with van der Waals surface area (Å²) >= 11 is 6.09. The van der Waals surface area contributed by atoms with Gasteiger partial charge in [0.05, 0.1) is 29.1 Å². The number of carbonyl (C=O) groups is 1. The molecule has 1 saturated heterocycles. The van der Waals surface area contributed by atoms with E-state index in [0.29, 0.717) is 40.8 Å². The number of aromatic nitrogens is 5. The van der Waals surface area contributed by atoms with Crippen LogP contribution in [0.5, 0.6) is 0 Å². The van der Waals surface area contributed by atoms with Crippen LogP contribution >= 0.6 is 11.6 Å². The van der Waals surface area contributed by atoms with Gasteiger partial charge in [0.1, 0.15) is 5.65 Å². The quantitative estimate of drug-likeness (QED) is 0.381. The van der Waals surface area contributed by atoms with Crippen LogP contribution in [0.4, 0.5) is 20.7 Å². The lowest BCUT2D eigenvalue weighted by Gasteiger charge is -2.35. The largest absolute Gasteiger partial charge is 0.365 e. The number of carbonyl (C=O) groups excluding carboxylic acids is 1. The summed E-state index contributed by atoms with van der Waals surface area (Å²) in [4.78, 5) is 34.5. The van der Waals surface area contributed by atoms with E-state index in [4.69, 9.17) is 11.6 Å². The zero-order valence-electron chi connectivity index (χ0n) is 18.1. The smallest absolute Gasteiger partial charge is 0.322 e. The minimum absolute atomic E-state index is 0.0764. The van der Waals surface area contributed by atoms with Crippen molar-refractivity contribution in [3.63, 3.8) is 0 Å². The highest BCUT2D eigenvalue weighted by atomic mass is 35.5. The second-order valence-electron chi connectivity index (χ2n) is 8.04. The molecule has 0 aliphatic carbocycles. The second kappa shape index (κ2) is 9.60. The molecule has 1 atom stereocenters. The number of piperidine rings is 1. The zero-order valence-corrected chi connectivity index (χ0v) is 18.9. The van der Waals surface area contributed by atoms with Crippen molar-refractivity contribution in [2.45, 2.75) is 25.3 Å². The molecule has 0 saturated carbocycles. The summed E-state index contributed by atoms with van der Waals surface area (Å²) in [5, 5.41) is 7.19. The summed E-state index contributed by atoms with van der Waals surface area (Å²) in [6, 6.07) is 4.99. The minimum Gasteiger partial charge on any atom is -0.365 e. The maximum atomic E-state index is 14.6. The Morgan fingerprint density at radius 3 is 3.03 bits per heavy atom. The number of likely N-dealkylation sites (tertiary alicyclic amines) is 1. The van der Waals surface area contributed by atoms with Gasteiger partial charge >= 0.3 is 6.03 Å². The van der Waals surface area contributed by atoms with Crippen LogP contribution in [0.25, 0.3) is 22.4 Å². The van der Waals surface area contributed by atoms with Gasteiger partial charge in [0.25, 0.3) is 0 Å². The number of nitrogens with zero attached hydrogens (tertiary/aromatic N) is 5. The van der Waals surface area contributed by atoms with Gasteiger partial charge < -0.3 is 20.5 Å². The molecule has 34 heavy (non-hydrogen) atoms. The van der Waals surface area contributed by atoms with Crippen LogP contribution in [0.2, 0.25) is 5.02 Å². The molecule has 0 aromatic carbocycles. The van der Waals surface area contributed by atoms with Crippen LogP contribution in [0.15, 0.2) is 49.2 Å². The third kappa shape index (κ3) is 4.62. The van der Waals surface area contributed by atoms with Gasteiger partial charge in [0.2, 0.25) is 0 Å². The molecular formula is C23H22ClFN8O. The molecular weight excluding hydrogens is 459 g/mol. The summed E-state index contributed by atoms with van der Waals surface area (Å²) in [5.41, 5.74) is 1.94. The highest BCUT2D eigenvalue weighted by Crippen LogP contribution is 2.28. The molecule has 0 bridgehead atoms. The summed E-state index contributed by atoms with van der Waals surface area (Å²) < 4.78 is 14.6. The summed E-state index contributed by atoms with van der Waals surface area (Å²) in [6.07, 6.45) is 10.4. The molecule has 0 spiro atoms. The number of anilines is 2. The molecule has 5 rings (SSSR count). The number of fused-ring (bicyclic) bond motifs is 1. The molecule has 1 fully saturated rings. The molecule has 174 valence electrons. The van der Waals surface area contributed by atoms with Crippen LogP contribution in [0.3, 0.4) is 0 Å². The van der Waals surface area contributed by atoms with Gasteiger partial charge in [-0.15, -0.1) is 0 Å². The van der Waals surface area contributed by atoms with E-state index >= 15 is 0 Å². The topological polar surface area (TPSA) is 112 Å². The Labute approximate surface area is 199 Å². The molecule has 1 aliphatic heterocycles. The van der Waals surface area contributed by atoms with Crippen molar-refractivity contribution < 1.29 is 9.18 Å². The number of pyridine rings is 2. The van der Waals surface area contributed by atoms with Crippen molar-refractivity contribution in [2.24, 2.45) is 0 Å². The van der Waals surface area contributed by atoms with Crippen LogP contribution in [-0.4, -0.2) is 55.0 Å². The normalized spacial score (nSPS) is 15.9. The monoisotopic (exact) mass is 480 g/mol. The Bertz CT molecular complexity index is 1320. The standard InChI is InChI=1S/C23H22ClFN8O/c24-14-8-17-18(12-29-20(17)27-9-14)21-30-13-19(25)22(32-21)28-11-16-5-1-2-7-33(16)23(34)31-15-4-3-6-26-10-15/h3-4,6,8-10,12-13,16H,1-2,5,7,11H2,(H,27,29)(H,31,34)(H,28,30,32)/t16-/m1/s1. The Hall–Kier alpha value is -3.79. The van der Waals surface area contributed by atoms with Gasteiger partial charge in [-0.25, -0.2) is 24.1 Å². The fourth-order valence-electron chi connectivity index (χ4n) is 4.11. The van der Waals surface area contributed by atoms with Gasteiger partial charge in [-0.3, -0.25) is 4.98 Å². The first-order chi connectivity index (χ1) is 16.6. The van der Waals surface area contributed by atoms with Crippen molar-refractivity contribution >= 4 is 40.2 Å². The Kier molecular flexibility index (Phi) is 6.22. The number of halogens is 2. The average Bonchev–Trinajstić information content (AvgIpc) is 3.27. The molecule has 3 N–H and O–H groups in total. The zero-order chi connectivity index (χ0) is 23.5. The summed E-state index contributed by atoms with van der Waals surface area (Å²) in [6.45, 7) is 0.980. The molecule has 4 aromatic rings. The maximum absolute atomic E-state index is 14.6. The Morgan fingerprint density at radius 1 is 1.26 bits per heavy atom. The number of hydrogen-bond acceptors (Lipinski definition) is 6. The van der Waals surface area contributed by atoms with E-state index in [1.54, 1.807) is 47.9 Å². The molecule has 9 nitrogen and oxygen atoms in total. The van der Waals surface area contributed by atoms with Crippen LogP contribution in [0, 0.1) is 5.82 Å². The molecule has 1 aliphatic rings. The first-order valence-electron chi connectivity index (χ1n) is 11.0. The number of aromatic amines is 1. The van der Waals surface area contributed by atoms with Crippen LogP contribution < -0.4 is 10.6 Å². The van der Waals surface area contributed by atoms with Crippen molar-refractivity contribution in [1.82, 2.24) is 29.8 Å². The first kappa shape index (κ1) is 22.0. The van der Waals surface area contributed by atoms with E-state index in [-0.39, 0.29) is 17.9 Å². The fraction of sp³-hybridized carbons (Fsp3) is 0.261. The average molecular weight is 481 g/mol. The predicted molar refractivity (Wildman–Crippen MR) is 128 cm³/mol. The molecule has 0 radical (unpaired) electrons. The van der Waals surface area contributed by atoms with E-state index in [1.807, 2.05) is 0 Å². The number of urea groups is 1. The number of hydrogen-bond donors (Lipinski definition) is 3. The molecule has 4 aromatic heterocycles. The molecule has 2 amide bonds. The molecule has 5 heterocycles. The third-order valence-corrected chi connectivity index (χ3v) is 6.00. The van der Waals surface area contributed by atoms with Gasteiger partial charge in [-0.05, 0) is 37.5 Å². The fourth-order valence-corrected chi connectivity index (χ4v) is 4.27. The van der Waals surface area contributed by atoms with Crippen molar-refractivity contribution in [3.05, 3.63) is 60.0 Å². The third-order valence-electron chi connectivity index (χ3n) is 5.79. The van der Waals surface area contributed by atoms with Gasteiger partial charge in [0, 0.05) is 42.6 Å². The maximum Gasteiger partial charge on any atom is 0.322 e. The lowest BCUT2D eigenvalue weighted by molar-refractivity contribution is 0.167. The van der Waals surface area contributed by atoms with E-state index in [9.17, 15) is 9.18 Å². The van der Waals surface area contributed by atoms with E-state index in [2.05, 4.69) is 35.6 Å². The van der Waals surface area contributed by atoms with Gasteiger partial charge in [-0.1, -0.05) is 11.6 Å². The number of nitrogens with one attached hydrogen (secondary N) is 3. The van der Waals surface area contributed by atoms with E-state index in [1.165, 1.54) is 0 Å². The Morgan fingerprint density at radius 2 is 2.18 bits per heavy atom. The predicted octanol–water partition coefficient (Wildman–Crippen LogP) is 4.71.